The summed E-state index contributed by atoms with van der Waals surface area (Å²) in [5.74, 6) is 0.773. The summed E-state index contributed by atoms with van der Waals surface area (Å²) in [4.78, 5) is 0. The van der Waals surface area contributed by atoms with Crippen LogP contribution in [0.2, 0.25) is 0 Å². The molecule has 0 amide bonds. The van der Waals surface area contributed by atoms with Gasteiger partial charge in [0, 0.05) is 6.04 Å². The van der Waals surface area contributed by atoms with Gasteiger partial charge in [0.15, 0.2) is 0 Å². The molecular weight excluding hydrogens is 212 g/mol. The van der Waals surface area contributed by atoms with E-state index >= 15 is 0 Å². The number of hydrogen-bond acceptors (Lipinski definition) is 3. The highest BCUT2D eigenvalue weighted by Gasteiger charge is 2.18. The topological polar surface area (TPSA) is 72.2 Å². The number of rotatable bonds is 7. The summed E-state index contributed by atoms with van der Waals surface area (Å²) < 4.78 is 25.9. The van der Waals surface area contributed by atoms with E-state index in [-0.39, 0.29) is 17.7 Å². The van der Waals surface area contributed by atoms with Gasteiger partial charge in [-0.25, -0.2) is 13.1 Å². The minimum absolute atomic E-state index is 0.0906. The van der Waals surface area contributed by atoms with Crippen molar-refractivity contribution < 1.29 is 8.42 Å². The molecule has 0 saturated carbocycles. The SMILES string of the molecule is CC(C)CCS(=O)(=O)NC(C)C(C)CN. The van der Waals surface area contributed by atoms with Gasteiger partial charge in [0.1, 0.15) is 0 Å². The van der Waals surface area contributed by atoms with Crippen molar-refractivity contribution in [3.8, 4) is 0 Å². The van der Waals surface area contributed by atoms with Crippen molar-refractivity contribution in [2.24, 2.45) is 17.6 Å². The Morgan fingerprint density at radius 3 is 2.13 bits per heavy atom. The number of hydrogen-bond donors (Lipinski definition) is 2. The summed E-state index contributed by atoms with van der Waals surface area (Å²) >= 11 is 0. The standard InChI is InChI=1S/C10H24N2O2S/c1-8(2)5-6-15(13,14)12-10(4)9(3)7-11/h8-10,12H,5-7,11H2,1-4H3. The first-order chi connectivity index (χ1) is 6.78. The van der Waals surface area contributed by atoms with Crippen molar-refractivity contribution in [3.05, 3.63) is 0 Å². The molecule has 4 nitrogen and oxygen atoms in total. The largest absolute Gasteiger partial charge is 0.330 e. The van der Waals surface area contributed by atoms with Crippen LogP contribution in [-0.4, -0.2) is 26.8 Å². The van der Waals surface area contributed by atoms with Crippen LogP contribution >= 0.6 is 0 Å². The van der Waals surface area contributed by atoms with E-state index < -0.39 is 10.0 Å². The molecule has 0 radical (unpaired) electrons. The Morgan fingerprint density at radius 2 is 1.73 bits per heavy atom. The van der Waals surface area contributed by atoms with Gasteiger partial charge < -0.3 is 5.73 Å². The van der Waals surface area contributed by atoms with Gasteiger partial charge in [0.05, 0.1) is 5.75 Å². The number of nitrogens with two attached hydrogens (primary N) is 1. The van der Waals surface area contributed by atoms with E-state index in [2.05, 4.69) is 4.72 Å². The van der Waals surface area contributed by atoms with E-state index in [4.69, 9.17) is 5.73 Å². The summed E-state index contributed by atoms with van der Waals surface area (Å²) in [7, 11) is -3.14. The van der Waals surface area contributed by atoms with E-state index in [0.29, 0.717) is 18.9 Å². The van der Waals surface area contributed by atoms with Crippen molar-refractivity contribution in [1.82, 2.24) is 4.72 Å². The van der Waals surface area contributed by atoms with Crippen LogP contribution in [0.3, 0.4) is 0 Å². The lowest BCUT2D eigenvalue weighted by Crippen LogP contribution is -2.40. The van der Waals surface area contributed by atoms with Gasteiger partial charge in [-0.15, -0.1) is 0 Å². The molecule has 2 atom stereocenters. The van der Waals surface area contributed by atoms with E-state index in [0.717, 1.165) is 0 Å². The zero-order valence-corrected chi connectivity index (χ0v) is 11.0. The third kappa shape index (κ3) is 6.87. The Morgan fingerprint density at radius 1 is 1.20 bits per heavy atom. The average Bonchev–Trinajstić information content (AvgIpc) is 2.13. The van der Waals surface area contributed by atoms with E-state index in [1.54, 1.807) is 0 Å². The average molecular weight is 236 g/mol. The molecule has 0 aliphatic heterocycles. The van der Waals surface area contributed by atoms with Gasteiger partial charge in [-0.2, -0.15) is 0 Å². The fraction of sp³-hybridized carbons (Fsp3) is 1.00. The molecule has 5 heteroatoms. The quantitative estimate of drug-likeness (QED) is 0.691. The summed E-state index contributed by atoms with van der Waals surface area (Å²) in [6.07, 6.45) is 0.694. The van der Waals surface area contributed by atoms with Gasteiger partial charge in [-0.3, -0.25) is 0 Å². The molecule has 0 aliphatic carbocycles. The van der Waals surface area contributed by atoms with E-state index in [9.17, 15) is 8.42 Å². The maximum atomic E-state index is 11.6. The minimum atomic E-state index is -3.14. The normalized spacial score (nSPS) is 16.7. The summed E-state index contributed by atoms with van der Waals surface area (Å²) in [5.41, 5.74) is 5.48. The maximum absolute atomic E-state index is 11.6. The van der Waals surface area contributed by atoms with Crippen LogP contribution < -0.4 is 10.5 Å². The first kappa shape index (κ1) is 14.9. The third-order valence-electron chi connectivity index (χ3n) is 2.55. The molecule has 0 aromatic carbocycles. The molecule has 0 heterocycles. The molecule has 0 bridgehead atoms. The van der Waals surface area contributed by atoms with Gasteiger partial charge in [0.2, 0.25) is 10.0 Å². The monoisotopic (exact) mass is 236 g/mol. The fourth-order valence-corrected chi connectivity index (χ4v) is 2.75. The molecule has 0 rings (SSSR count). The Balaban J connectivity index is 4.14. The Hall–Kier alpha value is -0.130. The zero-order valence-electron chi connectivity index (χ0n) is 10.2. The highest BCUT2D eigenvalue weighted by Crippen LogP contribution is 2.05. The molecule has 0 aliphatic rings. The Bertz CT molecular complexity index is 263. The predicted octanol–water partition coefficient (Wildman–Crippen LogP) is 0.935. The molecule has 0 saturated heterocycles. The second-order valence-corrected chi connectivity index (χ2v) is 6.49. The molecule has 0 aromatic heterocycles. The van der Waals surface area contributed by atoms with Crippen LogP contribution in [0.15, 0.2) is 0 Å². The number of sulfonamides is 1. The third-order valence-corrected chi connectivity index (χ3v) is 4.06. The van der Waals surface area contributed by atoms with Crippen molar-refractivity contribution in [3.63, 3.8) is 0 Å². The van der Waals surface area contributed by atoms with Gasteiger partial charge in [0.25, 0.3) is 0 Å². The molecule has 2 unspecified atom stereocenters. The zero-order chi connectivity index (χ0) is 12.1. The molecular formula is C10H24N2O2S. The first-order valence-corrected chi connectivity index (χ1v) is 7.13. The minimum Gasteiger partial charge on any atom is -0.330 e. The second-order valence-electron chi connectivity index (χ2n) is 4.62. The van der Waals surface area contributed by atoms with Crippen molar-refractivity contribution in [2.75, 3.05) is 12.3 Å². The lowest BCUT2D eigenvalue weighted by molar-refractivity contribution is 0.451. The summed E-state index contributed by atoms with van der Waals surface area (Å²) in [5, 5.41) is 0. The molecule has 0 aromatic rings. The lowest BCUT2D eigenvalue weighted by Gasteiger charge is -2.19. The van der Waals surface area contributed by atoms with Crippen LogP contribution in [0.25, 0.3) is 0 Å². The molecule has 92 valence electrons. The summed E-state index contributed by atoms with van der Waals surface area (Å²) in [6.45, 7) is 8.32. The summed E-state index contributed by atoms with van der Waals surface area (Å²) in [6, 6.07) is -0.0906. The van der Waals surface area contributed by atoms with Crippen molar-refractivity contribution in [2.45, 2.75) is 40.2 Å². The molecule has 15 heavy (non-hydrogen) atoms. The van der Waals surface area contributed by atoms with E-state index in [1.807, 2.05) is 27.7 Å². The van der Waals surface area contributed by atoms with Crippen LogP contribution in [0.4, 0.5) is 0 Å². The molecule has 0 spiro atoms. The van der Waals surface area contributed by atoms with Crippen LogP contribution in [0.1, 0.15) is 34.1 Å². The highest BCUT2D eigenvalue weighted by molar-refractivity contribution is 7.89. The fourth-order valence-electron chi connectivity index (χ4n) is 1.05. The maximum Gasteiger partial charge on any atom is 0.211 e. The van der Waals surface area contributed by atoms with Crippen LogP contribution in [0.5, 0.6) is 0 Å². The predicted molar refractivity (Wildman–Crippen MR) is 64.1 cm³/mol. The van der Waals surface area contributed by atoms with Crippen molar-refractivity contribution >= 4 is 10.0 Å². The van der Waals surface area contributed by atoms with Gasteiger partial charge >= 0.3 is 0 Å². The van der Waals surface area contributed by atoms with Crippen LogP contribution in [-0.2, 0) is 10.0 Å². The number of nitrogens with one attached hydrogen (secondary N) is 1. The van der Waals surface area contributed by atoms with E-state index in [1.165, 1.54) is 0 Å². The Labute approximate surface area is 93.7 Å². The Kier molecular flexibility index (Phi) is 6.40. The van der Waals surface area contributed by atoms with Gasteiger partial charge in [-0.05, 0) is 31.7 Å². The van der Waals surface area contributed by atoms with Gasteiger partial charge in [-0.1, -0.05) is 20.8 Å². The van der Waals surface area contributed by atoms with Crippen molar-refractivity contribution in [1.29, 1.82) is 0 Å². The second kappa shape index (κ2) is 6.45. The smallest absolute Gasteiger partial charge is 0.211 e. The molecule has 3 N–H and O–H groups in total. The highest BCUT2D eigenvalue weighted by atomic mass is 32.2. The first-order valence-electron chi connectivity index (χ1n) is 5.48. The van der Waals surface area contributed by atoms with Crippen LogP contribution in [0, 0.1) is 11.8 Å². The molecule has 0 fully saturated rings. The lowest BCUT2D eigenvalue weighted by atomic mass is 10.1.